The topological polar surface area (TPSA) is 15.3 Å². The molecule has 1 saturated carbocycles. The van der Waals surface area contributed by atoms with E-state index in [0.29, 0.717) is 11.5 Å². The van der Waals surface area contributed by atoms with E-state index in [4.69, 9.17) is 0 Å². The van der Waals surface area contributed by atoms with Crippen molar-refractivity contribution >= 4 is 0 Å². The molecule has 2 unspecified atom stereocenters. The van der Waals surface area contributed by atoms with Gasteiger partial charge >= 0.3 is 0 Å². The molecule has 2 atom stereocenters. The predicted octanol–water partition coefficient (Wildman–Crippen LogP) is 3.60. The summed E-state index contributed by atoms with van der Waals surface area (Å²) in [6.07, 6.45) is 5.56. The fourth-order valence-electron chi connectivity index (χ4n) is 3.98. The lowest BCUT2D eigenvalue weighted by Gasteiger charge is -2.44. The van der Waals surface area contributed by atoms with Crippen molar-refractivity contribution in [3.05, 3.63) is 35.9 Å². The van der Waals surface area contributed by atoms with Crippen LogP contribution in [0.1, 0.15) is 51.1 Å². The lowest BCUT2D eigenvalue weighted by Crippen LogP contribution is -2.51. The SMILES string of the molecule is CC1(C)CCCC(N2CCNC(c3ccccc3)C2)C1. The Bertz CT molecular complexity index is 426. The summed E-state index contributed by atoms with van der Waals surface area (Å²) in [5.41, 5.74) is 1.98. The van der Waals surface area contributed by atoms with E-state index >= 15 is 0 Å². The first-order valence-corrected chi connectivity index (χ1v) is 8.16. The van der Waals surface area contributed by atoms with Gasteiger partial charge in [-0.25, -0.2) is 0 Å². The molecule has 1 aliphatic carbocycles. The van der Waals surface area contributed by atoms with Gasteiger partial charge in [0.1, 0.15) is 0 Å². The van der Waals surface area contributed by atoms with Gasteiger partial charge in [-0.15, -0.1) is 0 Å². The third kappa shape index (κ3) is 3.24. The van der Waals surface area contributed by atoms with Crippen LogP contribution in [0.4, 0.5) is 0 Å². The zero-order valence-electron chi connectivity index (χ0n) is 12.9. The molecule has 2 heteroatoms. The molecule has 1 heterocycles. The normalized spacial score (nSPS) is 31.1. The summed E-state index contributed by atoms with van der Waals surface area (Å²) < 4.78 is 0. The average molecular weight is 272 g/mol. The summed E-state index contributed by atoms with van der Waals surface area (Å²) >= 11 is 0. The van der Waals surface area contributed by atoms with Crippen LogP contribution in [-0.2, 0) is 0 Å². The van der Waals surface area contributed by atoms with Crippen molar-refractivity contribution in [2.24, 2.45) is 5.41 Å². The highest BCUT2D eigenvalue weighted by atomic mass is 15.2. The molecule has 0 spiro atoms. The second-order valence-electron chi connectivity index (χ2n) is 7.33. The third-order valence-corrected chi connectivity index (χ3v) is 5.10. The molecule has 1 saturated heterocycles. The third-order valence-electron chi connectivity index (χ3n) is 5.10. The molecule has 2 fully saturated rings. The van der Waals surface area contributed by atoms with Gasteiger partial charge in [-0.3, -0.25) is 4.90 Å². The van der Waals surface area contributed by atoms with Crippen LogP contribution in [0, 0.1) is 5.41 Å². The molecule has 0 amide bonds. The number of benzene rings is 1. The fraction of sp³-hybridized carbons (Fsp3) is 0.667. The van der Waals surface area contributed by atoms with Gasteiger partial charge in [0.15, 0.2) is 0 Å². The van der Waals surface area contributed by atoms with Crippen molar-refractivity contribution in [3.63, 3.8) is 0 Å². The van der Waals surface area contributed by atoms with Crippen molar-refractivity contribution < 1.29 is 0 Å². The molecule has 1 N–H and O–H groups in total. The zero-order valence-corrected chi connectivity index (χ0v) is 12.9. The van der Waals surface area contributed by atoms with Crippen LogP contribution in [0.3, 0.4) is 0 Å². The molecular weight excluding hydrogens is 244 g/mol. The second-order valence-corrected chi connectivity index (χ2v) is 7.33. The number of nitrogens with zero attached hydrogens (tertiary/aromatic N) is 1. The molecule has 0 bridgehead atoms. The first kappa shape index (κ1) is 14.1. The molecule has 1 aliphatic heterocycles. The Morgan fingerprint density at radius 3 is 2.75 bits per heavy atom. The van der Waals surface area contributed by atoms with Gasteiger partial charge < -0.3 is 5.32 Å². The summed E-state index contributed by atoms with van der Waals surface area (Å²) in [6.45, 7) is 8.39. The maximum Gasteiger partial charge on any atom is 0.0449 e. The van der Waals surface area contributed by atoms with Gasteiger partial charge in [0.25, 0.3) is 0 Å². The Morgan fingerprint density at radius 1 is 1.20 bits per heavy atom. The van der Waals surface area contributed by atoms with Crippen LogP contribution in [0.5, 0.6) is 0 Å². The predicted molar refractivity (Wildman–Crippen MR) is 84.8 cm³/mol. The Kier molecular flexibility index (Phi) is 4.13. The van der Waals surface area contributed by atoms with E-state index in [0.717, 1.165) is 12.6 Å². The number of rotatable bonds is 2. The van der Waals surface area contributed by atoms with E-state index in [1.807, 2.05) is 0 Å². The summed E-state index contributed by atoms with van der Waals surface area (Å²) in [5.74, 6) is 0. The van der Waals surface area contributed by atoms with Crippen LogP contribution in [-0.4, -0.2) is 30.6 Å². The maximum absolute atomic E-state index is 3.68. The Labute approximate surface area is 123 Å². The molecule has 3 rings (SSSR count). The van der Waals surface area contributed by atoms with Crippen molar-refractivity contribution in [1.29, 1.82) is 0 Å². The Hall–Kier alpha value is -0.860. The molecule has 1 aromatic rings. The van der Waals surface area contributed by atoms with E-state index in [9.17, 15) is 0 Å². The van der Waals surface area contributed by atoms with Crippen molar-refractivity contribution in [3.8, 4) is 0 Å². The van der Waals surface area contributed by atoms with E-state index in [1.54, 1.807) is 0 Å². The lowest BCUT2D eigenvalue weighted by atomic mass is 9.74. The lowest BCUT2D eigenvalue weighted by molar-refractivity contribution is 0.0705. The molecule has 2 aliphatic rings. The minimum absolute atomic E-state index is 0.509. The molecule has 2 nitrogen and oxygen atoms in total. The molecule has 0 aromatic heterocycles. The van der Waals surface area contributed by atoms with Gasteiger partial charge in [-0.05, 0) is 30.2 Å². The standard InChI is InChI=1S/C18H28N2/c1-18(2)10-6-9-16(13-18)20-12-11-19-17(14-20)15-7-4-3-5-8-15/h3-5,7-8,16-17,19H,6,9-14H2,1-2H3. The average Bonchev–Trinajstić information content (AvgIpc) is 2.47. The van der Waals surface area contributed by atoms with E-state index in [-0.39, 0.29) is 0 Å². The fourth-order valence-corrected chi connectivity index (χ4v) is 3.98. The van der Waals surface area contributed by atoms with Crippen LogP contribution < -0.4 is 5.32 Å². The highest BCUT2D eigenvalue weighted by molar-refractivity contribution is 5.20. The summed E-state index contributed by atoms with van der Waals surface area (Å²) in [6, 6.07) is 12.2. The summed E-state index contributed by atoms with van der Waals surface area (Å²) in [5, 5.41) is 3.68. The Morgan fingerprint density at radius 2 is 2.00 bits per heavy atom. The minimum Gasteiger partial charge on any atom is -0.308 e. The van der Waals surface area contributed by atoms with E-state index < -0.39 is 0 Å². The largest absolute Gasteiger partial charge is 0.308 e. The highest BCUT2D eigenvalue weighted by Crippen LogP contribution is 2.38. The monoisotopic (exact) mass is 272 g/mol. The number of piperazine rings is 1. The van der Waals surface area contributed by atoms with Gasteiger partial charge in [-0.1, -0.05) is 50.6 Å². The van der Waals surface area contributed by atoms with Crippen molar-refractivity contribution in [2.75, 3.05) is 19.6 Å². The van der Waals surface area contributed by atoms with E-state index in [1.165, 1.54) is 44.3 Å². The van der Waals surface area contributed by atoms with Crippen LogP contribution in [0.2, 0.25) is 0 Å². The maximum atomic E-state index is 3.68. The van der Waals surface area contributed by atoms with Crippen molar-refractivity contribution in [2.45, 2.75) is 51.6 Å². The van der Waals surface area contributed by atoms with Gasteiger partial charge in [0.05, 0.1) is 0 Å². The van der Waals surface area contributed by atoms with Crippen LogP contribution in [0.25, 0.3) is 0 Å². The van der Waals surface area contributed by atoms with Gasteiger partial charge in [-0.2, -0.15) is 0 Å². The highest BCUT2D eigenvalue weighted by Gasteiger charge is 2.33. The second kappa shape index (κ2) is 5.87. The minimum atomic E-state index is 0.509. The Balaban J connectivity index is 1.66. The van der Waals surface area contributed by atoms with Gasteiger partial charge in [0.2, 0.25) is 0 Å². The summed E-state index contributed by atoms with van der Waals surface area (Å²) in [4.78, 5) is 2.75. The quantitative estimate of drug-likeness (QED) is 0.885. The van der Waals surface area contributed by atoms with Crippen molar-refractivity contribution in [1.82, 2.24) is 10.2 Å². The van der Waals surface area contributed by atoms with Gasteiger partial charge in [0, 0.05) is 31.7 Å². The zero-order chi connectivity index (χ0) is 14.0. The molecule has 1 aromatic carbocycles. The smallest absolute Gasteiger partial charge is 0.0449 e. The van der Waals surface area contributed by atoms with Crippen LogP contribution in [0.15, 0.2) is 30.3 Å². The molecule has 0 radical (unpaired) electrons. The first-order chi connectivity index (χ1) is 9.64. The molecular formula is C18H28N2. The molecule has 110 valence electrons. The van der Waals surface area contributed by atoms with Crippen LogP contribution >= 0.6 is 0 Å². The first-order valence-electron chi connectivity index (χ1n) is 8.16. The summed E-state index contributed by atoms with van der Waals surface area (Å²) in [7, 11) is 0. The molecule has 20 heavy (non-hydrogen) atoms. The van der Waals surface area contributed by atoms with E-state index in [2.05, 4.69) is 54.4 Å². The number of nitrogens with one attached hydrogen (secondary N) is 1. The number of hydrogen-bond donors (Lipinski definition) is 1. The number of hydrogen-bond acceptors (Lipinski definition) is 2.